The van der Waals surface area contributed by atoms with Crippen molar-refractivity contribution in [1.29, 1.82) is 0 Å². The van der Waals surface area contributed by atoms with Crippen molar-refractivity contribution < 1.29 is 4.42 Å². The lowest BCUT2D eigenvalue weighted by molar-refractivity contribution is 0.230. The minimum atomic E-state index is 0.399. The molecule has 0 radical (unpaired) electrons. The molecule has 1 aromatic heterocycles. The SMILES string of the molecule is CCCCC(CC)(CNCC)Cc1ccoc1. The van der Waals surface area contributed by atoms with Gasteiger partial charge in [-0.2, -0.15) is 0 Å². The van der Waals surface area contributed by atoms with Gasteiger partial charge in [0.25, 0.3) is 0 Å². The first-order chi connectivity index (χ1) is 8.26. The smallest absolute Gasteiger partial charge is 0.0934 e. The average Bonchev–Trinajstić information content (AvgIpc) is 2.85. The minimum Gasteiger partial charge on any atom is -0.472 e. The first-order valence-corrected chi connectivity index (χ1v) is 6.98. The predicted octanol–water partition coefficient (Wildman–Crippen LogP) is 4.02. The van der Waals surface area contributed by atoms with Crippen molar-refractivity contribution in [3.63, 3.8) is 0 Å². The fourth-order valence-corrected chi connectivity index (χ4v) is 2.43. The van der Waals surface area contributed by atoms with E-state index in [1.807, 2.05) is 6.26 Å². The van der Waals surface area contributed by atoms with E-state index in [9.17, 15) is 0 Å². The lowest BCUT2D eigenvalue weighted by atomic mass is 9.75. The number of hydrogen-bond donors (Lipinski definition) is 1. The monoisotopic (exact) mass is 237 g/mol. The number of hydrogen-bond acceptors (Lipinski definition) is 2. The lowest BCUT2D eigenvalue weighted by Gasteiger charge is -2.33. The summed E-state index contributed by atoms with van der Waals surface area (Å²) in [5.41, 5.74) is 1.73. The Balaban J connectivity index is 2.66. The van der Waals surface area contributed by atoms with Crippen molar-refractivity contribution in [3.05, 3.63) is 24.2 Å². The zero-order valence-corrected chi connectivity index (χ0v) is 11.6. The van der Waals surface area contributed by atoms with Gasteiger partial charge in [0.05, 0.1) is 12.5 Å². The molecule has 17 heavy (non-hydrogen) atoms. The molecule has 1 heterocycles. The van der Waals surface area contributed by atoms with Crippen molar-refractivity contribution in [1.82, 2.24) is 5.32 Å². The Labute approximate surface area is 106 Å². The van der Waals surface area contributed by atoms with Crippen LogP contribution in [0.25, 0.3) is 0 Å². The largest absolute Gasteiger partial charge is 0.472 e. The van der Waals surface area contributed by atoms with E-state index in [0.717, 1.165) is 19.5 Å². The van der Waals surface area contributed by atoms with Crippen molar-refractivity contribution in [2.45, 2.75) is 52.9 Å². The van der Waals surface area contributed by atoms with Crippen LogP contribution < -0.4 is 5.32 Å². The molecular formula is C15H27NO. The molecule has 2 heteroatoms. The first-order valence-electron chi connectivity index (χ1n) is 6.98. The number of rotatable bonds is 9. The Kier molecular flexibility index (Phi) is 6.35. The minimum absolute atomic E-state index is 0.399. The van der Waals surface area contributed by atoms with E-state index in [4.69, 9.17) is 4.42 Å². The molecule has 0 aliphatic heterocycles. The fraction of sp³-hybridized carbons (Fsp3) is 0.733. The van der Waals surface area contributed by atoms with Gasteiger partial charge < -0.3 is 9.73 Å². The standard InChI is InChI=1S/C15H27NO/c1-4-7-9-15(5-2,13-16-6-3)11-14-8-10-17-12-14/h8,10,12,16H,4-7,9,11,13H2,1-3H3. The van der Waals surface area contributed by atoms with E-state index in [-0.39, 0.29) is 0 Å². The Morgan fingerprint density at radius 2 is 2.12 bits per heavy atom. The molecule has 98 valence electrons. The summed E-state index contributed by atoms with van der Waals surface area (Å²) in [6.07, 6.45) is 9.93. The number of nitrogens with one attached hydrogen (secondary N) is 1. The Morgan fingerprint density at radius 3 is 2.65 bits per heavy atom. The zero-order valence-electron chi connectivity index (χ0n) is 11.6. The van der Waals surface area contributed by atoms with Crippen molar-refractivity contribution in [2.24, 2.45) is 5.41 Å². The van der Waals surface area contributed by atoms with Crippen molar-refractivity contribution in [2.75, 3.05) is 13.1 Å². The summed E-state index contributed by atoms with van der Waals surface area (Å²) < 4.78 is 5.19. The summed E-state index contributed by atoms with van der Waals surface area (Å²) in [6.45, 7) is 8.93. The molecule has 0 aliphatic rings. The molecule has 0 saturated carbocycles. The highest BCUT2D eigenvalue weighted by Crippen LogP contribution is 2.32. The second kappa shape index (κ2) is 7.54. The van der Waals surface area contributed by atoms with Crippen LogP contribution in [0.3, 0.4) is 0 Å². The zero-order chi connectivity index (χ0) is 12.6. The third-order valence-electron chi connectivity index (χ3n) is 3.72. The number of unbranched alkanes of at least 4 members (excludes halogenated alkanes) is 1. The van der Waals surface area contributed by atoms with Crippen LogP contribution in [-0.4, -0.2) is 13.1 Å². The molecule has 1 aromatic rings. The van der Waals surface area contributed by atoms with Gasteiger partial charge >= 0.3 is 0 Å². The van der Waals surface area contributed by atoms with Crippen LogP contribution in [0.4, 0.5) is 0 Å². The van der Waals surface area contributed by atoms with Gasteiger partial charge in [0.15, 0.2) is 0 Å². The first kappa shape index (κ1) is 14.3. The Bertz CT molecular complexity index is 271. The highest BCUT2D eigenvalue weighted by atomic mass is 16.3. The maximum absolute atomic E-state index is 5.19. The van der Waals surface area contributed by atoms with Crippen LogP contribution in [0, 0.1) is 5.41 Å². The van der Waals surface area contributed by atoms with Crippen molar-refractivity contribution in [3.8, 4) is 0 Å². The molecule has 1 atom stereocenters. The summed E-state index contributed by atoms with van der Waals surface area (Å²) in [7, 11) is 0. The summed E-state index contributed by atoms with van der Waals surface area (Å²) >= 11 is 0. The van der Waals surface area contributed by atoms with E-state index >= 15 is 0 Å². The average molecular weight is 237 g/mol. The van der Waals surface area contributed by atoms with E-state index in [2.05, 4.69) is 32.2 Å². The van der Waals surface area contributed by atoms with Gasteiger partial charge in [-0.05, 0) is 42.9 Å². The van der Waals surface area contributed by atoms with Gasteiger partial charge in [-0.15, -0.1) is 0 Å². The quantitative estimate of drug-likeness (QED) is 0.702. The third-order valence-corrected chi connectivity index (χ3v) is 3.72. The fourth-order valence-electron chi connectivity index (χ4n) is 2.43. The van der Waals surface area contributed by atoms with Crippen LogP contribution >= 0.6 is 0 Å². The van der Waals surface area contributed by atoms with Crippen LogP contribution in [0.15, 0.2) is 23.0 Å². The maximum Gasteiger partial charge on any atom is 0.0934 e. The topological polar surface area (TPSA) is 25.2 Å². The molecule has 0 aromatic carbocycles. The van der Waals surface area contributed by atoms with Crippen LogP contribution in [0.1, 0.15) is 52.0 Å². The van der Waals surface area contributed by atoms with Gasteiger partial charge in [0, 0.05) is 6.54 Å². The van der Waals surface area contributed by atoms with E-state index in [1.54, 1.807) is 6.26 Å². The second-order valence-corrected chi connectivity index (χ2v) is 5.05. The summed E-state index contributed by atoms with van der Waals surface area (Å²) in [6, 6.07) is 2.10. The van der Waals surface area contributed by atoms with Gasteiger partial charge in [-0.25, -0.2) is 0 Å². The molecule has 1 rings (SSSR count). The van der Waals surface area contributed by atoms with E-state index in [0.29, 0.717) is 5.41 Å². The summed E-state index contributed by atoms with van der Waals surface area (Å²) in [5, 5.41) is 3.53. The Morgan fingerprint density at radius 1 is 1.29 bits per heavy atom. The molecule has 0 fully saturated rings. The summed E-state index contributed by atoms with van der Waals surface area (Å²) in [5.74, 6) is 0. The lowest BCUT2D eigenvalue weighted by Crippen LogP contribution is -2.35. The van der Waals surface area contributed by atoms with Crippen molar-refractivity contribution >= 4 is 0 Å². The maximum atomic E-state index is 5.19. The van der Waals surface area contributed by atoms with Gasteiger partial charge in [0.1, 0.15) is 0 Å². The summed E-state index contributed by atoms with van der Waals surface area (Å²) in [4.78, 5) is 0. The molecule has 1 N–H and O–H groups in total. The molecule has 0 amide bonds. The van der Waals surface area contributed by atoms with Gasteiger partial charge in [0.2, 0.25) is 0 Å². The molecule has 2 nitrogen and oxygen atoms in total. The van der Waals surface area contributed by atoms with Crippen LogP contribution in [0.2, 0.25) is 0 Å². The van der Waals surface area contributed by atoms with Gasteiger partial charge in [-0.3, -0.25) is 0 Å². The second-order valence-electron chi connectivity index (χ2n) is 5.05. The third kappa shape index (κ3) is 4.55. The van der Waals surface area contributed by atoms with Crippen LogP contribution in [-0.2, 0) is 6.42 Å². The molecule has 1 unspecified atom stereocenters. The van der Waals surface area contributed by atoms with Gasteiger partial charge in [-0.1, -0.05) is 33.6 Å². The molecule has 0 spiro atoms. The molecule has 0 aliphatic carbocycles. The molecular weight excluding hydrogens is 210 g/mol. The van der Waals surface area contributed by atoms with Crippen LogP contribution in [0.5, 0.6) is 0 Å². The molecule has 0 bridgehead atoms. The highest BCUT2D eigenvalue weighted by molar-refractivity contribution is 5.09. The number of furan rings is 1. The normalized spacial score (nSPS) is 14.8. The highest BCUT2D eigenvalue weighted by Gasteiger charge is 2.27. The Hall–Kier alpha value is -0.760. The van der Waals surface area contributed by atoms with E-state index in [1.165, 1.54) is 31.2 Å². The molecule has 0 saturated heterocycles. The predicted molar refractivity (Wildman–Crippen MR) is 73.2 cm³/mol. The van der Waals surface area contributed by atoms with E-state index < -0.39 is 0 Å².